The number of methoxy groups -OCH3 is 1. The molecule has 27 heavy (non-hydrogen) atoms. The summed E-state index contributed by atoms with van der Waals surface area (Å²) in [5.41, 5.74) is 6.67. The summed E-state index contributed by atoms with van der Waals surface area (Å²) in [5, 5.41) is 20.9. The number of rotatable bonds is 5. The zero-order valence-electron chi connectivity index (χ0n) is 14.5. The molecule has 4 atom stereocenters. The van der Waals surface area contributed by atoms with Crippen LogP contribution in [0.15, 0.2) is 41.8 Å². The molecule has 0 saturated carbocycles. The predicted molar refractivity (Wildman–Crippen MR) is 99.4 cm³/mol. The van der Waals surface area contributed by atoms with Crippen LogP contribution in [0.25, 0.3) is 11.2 Å². The van der Waals surface area contributed by atoms with Gasteiger partial charge in [0.25, 0.3) is 0 Å². The van der Waals surface area contributed by atoms with E-state index in [9.17, 15) is 10.2 Å². The number of hydrogen-bond donors (Lipinski definition) is 3. The van der Waals surface area contributed by atoms with Gasteiger partial charge in [0.2, 0.25) is 0 Å². The molecule has 1 saturated heterocycles. The summed E-state index contributed by atoms with van der Waals surface area (Å²) in [6.07, 6.45) is -0.760. The maximum absolute atomic E-state index is 10.5. The molecule has 10 heteroatoms. The number of imidazole rings is 1. The number of aliphatic hydroxyl groups excluding tert-OH is 2. The lowest BCUT2D eigenvalue weighted by atomic mass is 10.1. The maximum Gasteiger partial charge on any atom is 0.167 e. The van der Waals surface area contributed by atoms with Crippen LogP contribution in [0.4, 0.5) is 5.82 Å². The molecule has 0 amide bonds. The highest BCUT2D eigenvalue weighted by molar-refractivity contribution is 7.99. The lowest BCUT2D eigenvalue weighted by molar-refractivity contribution is -0.0289. The summed E-state index contributed by atoms with van der Waals surface area (Å²) in [5.74, 6) is 1.44. The fourth-order valence-electron chi connectivity index (χ4n) is 3.06. The van der Waals surface area contributed by atoms with Crippen molar-refractivity contribution < 1.29 is 19.7 Å². The van der Waals surface area contributed by atoms with Crippen LogP contribution in [-0.4, -0.2) is 60.9 Å². The van der Waals surface area contributed by atoms with Crippen LogP contribution >= 0.6 is 11.8 Å². The van der Waals surface area contributed by atoms with Crippen molar-refractivity contribution in [1.29, 1.82) is 0 Å². The van der Waals surface area contributed by atoms with Crippen molar-refractivity contribution in [1.82, 2.24) is 19.5 Å². The zero-order chi connectivity index (χ0) is 19.0. The molecule has 9 nitrogen and oxygen atoms in total. The molecule has 4 rings (SSSR count). The third-order valence-corrected chi connectivity index (χ3v) is 5.61. The average Bonchev–Trinajstić information content (AvgIpc) is 3.23. The highest BCUT2D eigenvalue weighted by Gasteiger charge is 2.44. The highest BCUT2D eigenvalue weighted by atomic mass is 32.2. The number of aromatic nitrogens is 4. The quantitative estimate of drug-likeness (QED) is 0.543. The van der Waals surface area contributed by atoms with Crippen molar-refractivity contribution in [3.05, 3.63) is 36.9 Å². The molecular formula is C17H19N5O4S. The second-order valence-electron chi connectivity index (χ2n) is 6.09. The number of benzene rings is 1. The fraction of sp³-hybridized carbons (Fsp3) is 0.353. The van der Waals surface area contributed by atoms with E-state index in [4.69, 9.17) is 15.2 Å². The molecule has 3 heterocycles. The normalized spacial score (nSPS) is 25.1. The van der Waals surface area contributed by atoms with Crippen molar-refractivity contribution >= 4 is 28.7 Å². The number of ether oxygens (including phenoxy) is 2. The molecule has 1 unspecified atom stereocenters. The number of hydrogen-bond acceptors (Lipinski definition) is 9. The largest absolute Gasteiger partial charge is 0.496 e. The molecule has 0 spiro atoms. The van der Waals surface area contributed by atoms with Gasteiger partial charge >= 0.3 is 0 Å². The lowest BCUT2D eigenvalue weighted by Crippen LogP contribution is -2.32. The van der Waals surface area contributed by atoms with Gasteiger partial charge in [-0.05, 0) is 12.1 Å². The molecule has 3 aromatic rings. The number of aliphatic hydroxyl groups is 2. The van der Waals surface area contributed by atoms with Crippen molar-refractivity contribution in [3.63, 3.8) is 0 Å². The summed E-state index contributed by atoms with van der Waals surface area (Å²) >= 11 is 1.49. The van der Waals surface area contributed by atoms with Crippen LogP contribution in [-0.2, 0) is 4.74 Å². The van der Waals surface area contributed by atoms with E-state index in [0.717, 1.165) is 10.6 Å². The molecule has 0 radical (unpaired) electrons. The van der Waals surface area contributed by atoms with E-state index in [1.54, 1.807) is 11.7 Å². The van der Waals surface area contributed by atoms with Crippen LogP contribution in [0.1, 0.15) is 6.23 Å². The van der Waals surface area contributed by atoms with Gasteiger partial charge < -0.3 is 25.4 Å². The number of nitrogen functional groups attached to an aromatic ring is 1. The van der Waals surface area contributed by atoms with Gasteiger partial charge in [-0.15, -0.1) is 11.8 Å². The second kappa shape index (κ2) is 7.31. The standard InChI is InChI=1S/C17H19N5O4S/c1-25-9-4-2-3-5-11(9)27-6-10-13(23)14(24)17(26-10)22-8-21-12-15(18)19-7-20-16(12)22/h2-5,7-8,10,13-14,17,23-24H,6H2,1H3,(H2,18,19,20)/t10?,13-,14-,17-/m1/s1. The second-order valence-corrected chi connectivity index (χ2v) is 7.15. The van der Waals surface area contributed by atoms with Crippen LogP contribution in [0.2, 0.25) is 0 Å². The number of nitrogens with zero attached hydrogens (tertiary/aromatic N) is 4. The van der Waals surface area contributed by atoms with Gasteiger partial charge in [-0.1, -0.05) is 12.1 Å². The Morgan fingerprint density at radius 3 is 2.85 bits per heavy atom. The molecule has 142 valence electrons. The smallest absolute Gasteiger partial charge is 0.167 e. The minimum atomic E-state index is -1.12. The first-order valence-electron chi connectivity index (χ1n) is 8.30. The van der Waals surface area contributed by atoms with Gasteiger partial charge in [0, 0.05) is 10.6 Å². The molecule has 0 aliphatic carbocycles. The highest BCUT2D eigenvalue weighted by Crippen LogP contribution is 2.36. The van der Waals surface area contributed by atoms with Crippen LogP contribution in [0, 0.1) is 0 Å². The number of thioether (sulfide) groups is 1. The van der Waals surface area contributed by atoms with Crippen molar-refractivity contribution in [2.45, 2.75) is 29.4 Å². The maximum atomic E-state index is 10.5. The Kier molecular flexibility index (Phi) is 4.87. The van der Waals surface area contributed by atoms with Crippen molar-refractivity contribution in [2.24, 2.45) is 0 Å². The van der Waals surface area contributed by atoms with E-state index in [1.807, 2.05) is 24.3 Å². The van der Waals surface area contributed by atoms with Gasteiger partial charge in [-0.2, -0.15) is 0 Å². The molecule has 0 bridgehead atoms. The van der Waals surface area contributed by atoms with Gasteiger partial charge in [-0.3, -0.25) is 4.57 Å². The molecular weight excluding hydrogens is 370 g/mol. The first kappa shape index (κ1) is 18.0. The Balaban J connectivity index is 1.53. The number of para-hydroxylation sites is 1. The Hall–Kier alpha value is -2.40. The SMILES string of the molecule is COc1ccccc1SCC1O[C@@H](n2cnc3c(N)ncnc32)[C@H](O)[C@@H]1O. The summed E-state index contributed by atoms with van der Waals surface area (Å²) in [7, 11) is 1.61. The Morgan fingerprint density at radius 2 is 2.04 bits per heavy atom. The predicted octanol–water partition coefficient (Wildman–Crippen LogP) is 0.829. The Morgan fingerprint density at radius 1 is 1.22 bits per heavy atom. The Labute approximate surface area is 159 Å². The molecule has 2 aromatic heterocycles. The summed E-state index contributed by atoms with van der Waals surface area (Å²) < 4.78 is 12.8. The summed E-state index contributed by atoms with van der Waals surface area (Å²) in [6.45, 7) is 0. The molecule has 1 aliphatic rings. The van der Waals surface area contributed by atoms with Crippen molar-refractivity contribution in [2.75, 3.05) is 18.6 Å². The van der Waals surface area contributed by atoms with Gasteiger partial charge in [0.1, 0.15) is 29.8 Å². The lowest BCUT2D eigenvalue weighted by Gasteiger charge is -2.16. The molecule has 1 aliphatic heterocycles. The third kappa shape index (κ3) is 3.21. The van der Waals surface area contributed by atoms with Crippen molar-refractivity contribution in [3.8, 4) is 5.75 Å². The minimum Gasteiger partial charge on any atom is -0.496 e. The van der Waals surface area contributed by atoms with E-state index in [1.165, 1.54) is 24.4 Å². The number of anilines is 1. The van der Waals surface area contributed by atoms with Gasteiger partial charge in [0.15, 0.2) is 17.7 Å². The van der Waals surface area contributed by atoms with E-state index >= 15 is 0 Å². The van der Waals surface area contributed by atoms with Crippen LogP contribution in [0.5, 0.6) is 5.75 Å². The van der Waals surface area contributed by atoms with Crippen LogP contribution < -0.4 is 10.5 Å². The molecule has 1 fully saturated rings. The van der Waals surface area contributed by atoms with E-state index < -0.39 is 24.5 Å². The van der Waals surface area contributed by atoms with E-state index in [-0.39, 0.29) is 5.82 Å². The first-order chi connectivity index (χ1) is 13.1. The summed E-state index contributed by atoms with van der Waals surface area (Å²) in [6, 6.07) is 7.60. The Bertz CT molecular complexity index is 952. The third-order valence-electron chi connectivity index (χ3n) is 4.47. The summed E-state index contributed by atoms with van der Waals surface area (Å²) in [4.78, 5) is 13.2. The van der Waals surface area contributed by atoms with Crippen LogP contribution in [0.3, 0.4) is 0 Å². The molecule has 1 aromatic carbocycles. The monoisotopic (exact) mass is 389 g/mol. The van der Waals surface area contributed by atoms with E-state index in [2.05, 4.69) is 15.0 Å². The van der Waals surface area contributed by atoms with E-state index in [0.29, 0.717) is 16.9 Å². The number of fused-ring (bicyclic) bond motifs is 1. The average molecular weight is 389 g/mol. The topological polar surface area (TPSA) is 129 Å². The number of nitrogens with two attached hydrogens (primary N) is 1. The van der Waals surface area contributed by atoms with Gasteiger partial charge in [-0.25, -0.2) is 15.0 Å². The minimum absolute atomic E-state index is 0.245. The molecule has 4 N–H and O–H groups in total. The fourth-order valence-corrected chi connectivity index (χ4v) is 4.15. The zero-order valence-corrected chi connectivity index (χ0v) is 15.3. The first-order valence-corrected chi connectivity index (χ1v) is 9.29. The van der Waals surface area contributed by atoms with Gasteiger partial charge in [0.05, 0.1) is 19.5 Å².